The van der Waals surface area contributed by atoms with Crippen LogP contribution in [-0.2, 0) is 11.4 Å². The highest BCUT2D eigenvalue weighted by Crippen LogP contribution is 2.21. The van der Waals surface area contributed by atoms with E-state index in [0.717, 1.165) is 33.1 Å². The van der Waals surface area contributed by atoms with Crippen LogP contribution in [0.25, 0.3) is 5.57 Å². The van der Waals surface area contributed by atoms with Gasteiger partial charge in [-0.3, -0.25) is 0 Å². The first-order chi connectivity index (χ1) is 11.3. The molecule has 0 aromatic heterocycles. The number of benzene rings is 2. The van der Waals surface area contributed by atoms with Crippen LogP contribution in [0.4, 0.5) is 4.39 Å². The summed E-state index contributed by atoms with van der Waals surface area (Å²) < 4.78 is 12.9. The van der Waals surface area contributed by atoms with E-state index in [4.69, 9.17) is 4.84 Å². The molecule has 0 amide bonds. The molecule has 2 aromatic carbocycles. The van der Waals surface area contributed by atoms with E-state index in [9.17, 15) is 4.39 Å². The number of fused-ring (bicyclic) bond motifs is 2. The summed E-state index contributed by atoms with van der Waals surface area (Å²) in [7, 11) is 0. The molecule has 4 heteroatoms. The van der Waals surface area contributed by atoms with E-state index in [-0.39, 0.29) is 5.82 Å². The normalized spacial score (nSPS) is 16.7. The second-order valence-corrected chi connectivity index (χ2v) is 5.29. The van der Waals surface area contributed by atoms with Crippen molar-refractivity contribution in [1.82, 2.24) is 0 Å². The molecule has 3 nitrogen and oxygen atoms in total. The number of rotatable bonds is 3. The first-order valence-electron chi connectivity index (χ1n) is 7.33. The summed E-state index contributed by atoms with van der Waals surface area (Å²) in [5.74, 6) is -0.259. The fraction of sp³-hybridized carbons (Fsp3) is 0.0526. The van der Waals surface area contributed by atoms with Crippen molar-refractivity contribution in [2.45, 2.75) is 6.61 Å². The third-order valence-corrected chi connectivity index (χ3v) is 3.74. The van der Waals surface area contributed by atoms with Crippen LogP contribution in [0.1, 0.15) is 5.56 Å². The zero-order valence-electron chi connectivity index (χ0n) is 12.2. The Balaban J connectivity index is 1.62. The SMILES string of the molecule is Fc1ccc(CO/N=C2\C=CC=C3N=c4ccccc4=C32)cc1. The van der Waals surface area contributed by atoms with Gasteiger partial charge in [0.05, 0.1) is 11.1 Å². The molecule has 0 N–H and O–H groups in total. The van der Waals surface area contributed by atoms with Crippen LogP contribution in [0.5, 0.6) is 0 Å². The van der Waals surface area contributed by atoms with Crippen LogP contribution >= 0.6 is 0 Å². The molecule has 0 spiro atoms. The average Bonchev–Trinajstić information content (AvgIpc) is 2.96. The van der Waals surface area contributed by atoms with E-state index in [2.05, 4.69) is 10.1 Å². The van der Waals surface area contributed by atoms with Gasteiger partial charge < -0.3 is 4.84 Å². The second-order valence-electron chi connectivity index (χ2n) is 5.29. The lowest BCUT2D eigenvalue weighted by atomic mass is 10.0. The molecular weight excluding hydrogens is 291 g/mol. The zero-order chi connectivity index (χ0) is 15.6. The van der Waals surface area contributed by atoms with Crippen molar-refractivity contribution in [2.75, 3.05) is 0 Å². The zero-order valence-corrected chi connectivity index (χ0v) is 12.2. The summed E-state index contributed by atoms with van der Waals surface area (Å²) in [5, 5.41) is 6.25. The van der Waals surface area contributed by atoms with Crippen molar-refractivity contribution in [1.29, 1.82) is 0 Å². The molecule has 1 aliphatic carbocycles. The summed E-state index contributed by atoms with van der Waals surface area (Å²) in [6, 6.07) is 14.2. The van der Waals surface area contributed by atoms with Gasteiger partial charge in [-0.15, -0.1) is 0 Å². The van der Waals surface area contributed by atoms with Gasteiger partial charge in [0.1, 0.15) is 18.1 Å². The number of hydrogen-bond donors (Lipinski definition) is 0. The third kappa shape index (κ3) is 2.59. The van der Waals surface area contributed by atoms with E-state index in [1.54, 1.807) is 12.1 Å². The number of allylic oxidation sites excluding steroid dienone is 4. The molecule has 4 rings (SSSR count). The topological polar surface area (TPSA) is 34.0 Å². The number of nitrogens with zero attached hydrogens (tertiary/aromatic N) is 2. The Bertz CT molecular complexity index is 969. The lowest BCUT2D eigenvalue weighted by Gasteiger charge is -2.08. The number of para-hydroxylation sites is 1. The van der Waals surface area contributed by atoms with Gasteiger partial charge in [0.2, 0.25) is 0 Å². The summed E-state index contributed by atoms with van der Waals surface area (Å²) >= 11 is 0. The fourth-order valence-corrected chi connectivity index (χ4v) is 2.64. The van der Waals surface area contributed by atoms with E-state index < -0.39 is 0 Å². The summed E-state index contributed by atoms with van der Waals surface area (Å²) in [5.41, 5.74) is 3.51. The van der Waals surface area contributed by atoms with Gasteiger partial charge in [0, 0.05) is 10.8 Å². The van der Waals surface area contributed by atoms with Crippen LogP contribution < -0.4 is 10.6 Å². The first kappa shape index (κ1) is 13.6. The smallest absolute Gasteiger partial charge is 0.142 e. The van der Waals surface area contributed by atoms with E-state index in [1.807, 2.05) is 42.5 Å². The van der Waals surface area contributed by atoms with Gasteiger partial charge in [0.15, 0.2) is 0 Å². The van der Waals surface area contributed by atoms with Crippen LogP contribution in [-0.4, -0.2) is 5.71 Å². The molecule has 0 saturated carbocycles. The largest absolute Gasteiger partial charge is 0.390 e. The minimum Gasteiger partial charge on any atom is -0.390 e. The highest BCUT2D eigenvalue weighted by molar-refractivity contribution is 6.30. The molecule has 112 valence electrons. The molecule has 0 radical (unpaired) electrons. The van der Waals surface area contributed by atoms with E-state index in [0.29, 0.717) is 6.61 Å². The van der Waals surface area contributed by atoms with Crippen molar-refractivity contribution in [3.05, 3.63) is 94.4 Å². The Labute approximate surface area is 132 Å². The van der Waals surface area contributed by atoms with Gasteiger partial charge in [0.25, 0.3) is 0 Å². The molecule has 0 saturated heterocycles. The van der Waals surface area contributed by atoms with Crippen molar-refractivity contribution in [3.63, 3.8) is 0 Å². The maximum Gasteiger partial charge on any atom is 0.142 e. The lowest BCUT2D eigenvalue weighted by Crippen LogP contribution is -2.24. The molecule has 2 aliphatic rings. The van der Waals surface area contributed by atoms with Gasteiger partial charge in [-0.25, -0.2) is 9.38 Å². The standard InChI is InChI=1S/C19H13FN2O/c20-14-10-8-13(9-11-14)12-23-22-18-7-3-6-17-19(18)15-4-1-2-5-16(15)21-17/h1-11H,12H2/b22-18+. The average molecular weight is 304 g/mol. The van der Waals surface area contributed by atoms with Crippen molar-refractivity contribution < 1.29 is 9.23 Å². The summed E-state index contributed by atoms with van der Waals surface area (Å²) in [4.78, 5) is 10.0. The maximum absolute atomic E-state index is 12.9. The van der Waals surface area contributed by atoms with Crippen molar-refractivity contribution in [3.8, 4) is 0 Å². The van der Waals surface area contributed by atoms with Crippen LogP contribution in [0, 0.1) is 5.82 Å². The number of halogens is 1. The number of hydrogen-bond acceptors (Lipinski definition) is 3. The molecule has 0 unspecified atom stereocenters. The molecule has 1 heterocycles. The fourth-order valence-electron chi connectivity index (χ4n) is 2.64. The Kier molecular flexibility index (Phi) is 3.35. The highest BCUT2D eigenvalue weighted by atomic mass is 19.1. The summed E-state index contributed by atoms with van der Waals surface area (Å²) in [6.07, 6.45) is 5.78. The first-order valence-corrected chi connectivity index (χ1v) is 7.33. The molecule has 1 aliphatic heterocycles. The lowest BCUT2D eigenvalue weighted by molar-refractivity contribution is 0.131. The number of oxime groups is 1. The molecular formula is C19H13FN2O. The maximum atomic E-state index is 12.9. The monoisotopic (exact) mass is 304 g/mol. The third-order valence-electron chi connectivity index (χ3n) is 3.74. The van der Waals surface area contributed by atoms with Gasteiger partial charge in [-0.2, -0.15) is 0 Å². The molecule has 0 fully saturated rings. The quantitative estimate of drug-likeness (QED) is 0.803. The summed E-state index contributed by atoms with van der Waals surface area (Å²) in [6.45, 7) is 0.294. The van der Waals surface area contributed by atoms with Gasteiger partial charge in [-0.1, -0.05) is 41.6 Å². The Morgan fingerprint density at radius 1 is 1.04 bits per heavy atom. The highest BCUT2D eigenvalue weighted by Gasteiger charge is 2.19. The minimum absolute atomic E-state index is 0.259. The van der Waals surface area contributed by atoms with Gasteiger partial charge in [-0.05, 0) is 35.9 Å². The van der Waals surface area contributed by atoms with E-state index in [1.165, 1.54) is 12.1 Å². The molecule has 23 heavy (non-hydrogen) atoms. The minimum atomic E-state index is -0.259. The predicted octanol–water partition coefficient (Wildman–Crippen LogP) is 2.64. The van der Waals surface area contributed by atoms with Crippen molar-refractivity contribution in [2.24, 2.45) is 10.1 Å². The molecule has 0 atom stereocenters. The predicted molar refractivity (Wildman–Crippen MR) is 86.5 cm³/mol. The molecule has 2 aromatic rings. The van der Waals surface area contributed by atoms with Crippen LogP contribution in [0.15, 0.2) is 82.6 Å². The van der Waals surface area contributed by atoms with Crippen LogP contribution in [0.3, 0.4) is 0 Å². The molecule has 0 bridgehead atoms. The van der Waals surface area contributed by atoms with E-state index >= 15 is 0 Å². The van der Waals surface area contributed by atoms with Gasteiger partial charge >= 0.3 is 0 Å². The second kappa shape index (κ2) is 5.65. The van der Waals surface area contributed by atoms with Crippen LogP contribution in [0.2, 0.25) is 0 Å². The Morgan fingerprint density at radius 2 is 1.87 bits per heavy atom. The Morgan fingerprint density at radius 3 is 2.74 bits per heavy atom. The van der Waals surface area contributed by atoms with Crippen molar-refractivity contribution >= 4 is 11.3 Å². The Hall–Kier alpha value is -3.01.